The van der Waals surface area contributed by atoms with Crippen LogP contribution in [0.15, 0.2) is 30.3 Å². The maximum absolute atomic E-state index is 12.0. The van der Waals surface area contributed by atoms with E-state index in [1.807, 2.05) is 30.3 Å². The van der Waals surface area contributed by atoms with E-state index in [4.69, 9.17) is 19.9 Å². The molecular weight excluding hydrogens is 258 g/mol. The van der Waals surface area contributed by atoms with E-state index >= 15 is 0 Å². The van der Waals surface area contributed by atoms with Crippen molar-refractivity contribution in [3.8, 4) is 0 Å². The summed E-state index contributed by atoms with van der Waals surface area (Å²) in [6.07, 6.45) is 1.37. The largest absolute Gasteiger partial charge is 0.467 e. The van der Waals surface area contributed by atoms with E-state index in [9.17, 15) is 4.79 Å². The number of nitrogens with two attached hydrogens (primary N) is 1. The van der Waals surface area contributed by atoms with Crippen LogP contribution in [0.3, 0.4) is 0 Å². The standard InChI is InChI=1S/C15H21NO4/c1-18-14(17)15(16,12-5-3-2-4-6-12)8-10-20-13-7-9-19-11-13/h2-6,13H,7-11,16H2,1H3. The van der Waals surface area contributed by atoms with Crippen LogP contribution in [-0.2, 0) is 24.5 Å². The summed E-state index contributed by atoms with van der Waals surface area (Å²) in [5, 5.41) is 0. The minimum absolute atomic E-state index is 0.104. The SMILES string of the molecule is COC(=O)C(N)(CCOC1CCOC1)c1ccccc1. The van der Waals surface area contributed by atoms with Crippen molar-refractivity contribution in [2.45, 2.75) is 24.5 Å². The molecule has 1 fully saturated rings. The fourth-order valence-electron chi connectivity index (χ4n) is 2.31. The van der Waals surface area contributed by atoms with Gasteiger partial charge < -0.3 is 19.9 Å². The normalized spacial score (nSPS) is 21.4. The number of methoxy groups -OCH3 is 1. The van der Waals surface area contributed by atoms with Crippen LogP contribution in [0.4, 0.5) is 0 Å². The lowest BCUT2D eigenvalue weighted by atomic mass is 9.88. The molecule has 0 bridgehead atoms. The van der Waals surface area contributed by atoms with Crippen LogP contribution in [0.5, 0.6) is 0 Å². The molecule has 0 amide bonds. The first-order valence-corrected chi connectivity index (χ1v) is 6.79. The number of hydrogen-bond acceptors (Lipinski definition) is 5. The molecule has 2 unspecified atom stereocenters. The van der Waals surface area contributed by atoms with Crippen molar-refractivity contribution in [3.05, 3.63) is 35.9 Å². The predicted molar refractivity (Wildman–Crippen MR) is 74.1 cm³/mol. The second-order valence-electron chi connectivity index (χ2n) is 4.94. The van der Waals surface area contributed by atoms with E-state index in [-0.39, 0.29) is 6.10 Å². The Morgan fingerprint density at radius 2 is 2.20 bits per heavy atom. The molecule has 0 spiro atoms. The highest BCUT2D eigenvalue weighted by Gasteiger charge is 2.37. The highest BCUT2D eigenvalue weighted by Crippen LogP contribution is 2.24. The molecule has 2 atom stereocenters. The van der Waals surface area contributed by atoms with E-state index < -0.39 is 11.5 Å². The van der Waals surface area contributed by atoms with Crippen LogP contribution in [0.25, 0.3) is 0 Å². The van der Waals surface area contributed by atoms with Crippen molar-refractivity contribution >= 4 is 5.97 Å². The molecule has 110 valence electrons. The summed E-state index contributed by atoms with van der Waals surface area (Å²) in [4.78, 5) is 12.0. The van der Waals surface area contributed by atoms with Crippen molar-refractivity contribution < 1.29 is 19.0 Å². The molecule has 0 aromatic heterocycles. The lowest BCUT2D eigenvalue weighted by Crippen LogP contribution is -2.46. The van der Waals surface area contributed by atoms with Gasteiger partial charge in [-0.2, -0.15) is 0 Å². The molecule has 1 aromatic carbocycles. The van der Waals surface area contributed by atoms with Gasteiger partial charge in [-0.1, -0.05) is 30.3 Å². The van der Waals surface area contributed by atoms with Crippen LogP contribution < -0.4 is 5.73 Å². The number of ether oxygens (including phenoxy) is 3. The Morgan fingerprint density at radius 3 is 2.80 bits per heavy atom. The van der Waals surface area contributed by atoms with Crippen molar-refractivity contribution in [2.75, 3.05) is 26.9 Å². The molecule has 5 heteroatoms. The molecule has 1 aliphatic heterocycles. The van der Waals surface area contributed by atoms with Crippen LogP contribution in [0.2, 0.25) is 0 Å². The van der Waals surface area contributed by atoms with E-state index in [2.05, 4.69) is 0 Å². The fraction of sp³-hybridized carbons (Fsp3) is 0.533. The third-order valence-electron chi connectivity index (χ3n) is 3.58. The van der Waals surface area contributed by atoms with Crippen molar-refractivity contribution in [1.29, 1.82) is 0 Å². The second kappa shape index (κ2) is 6.83. The van der Waals surface area contributed by atoms with Gasteiger partial charge in [0.05, 0.1) is 19.8 Å². The molecule has 1 heterocycles. The average molecular weight is 279 g/mol. The Hall–Kier alpha value is -1.43. The fourth-order valence-corrected chi connectivity index (χ4v) is 2.31. The minimum Gasteiger partial charge on any atom is -0.467 e. The van der Waals surface area contributed by atoms with Gasteiger partial charge in [-0.05, 0) is 12.0 Å². The van der Waals surface area contributed by atoms with E-state index in [1.165, 1.54) is 7.11 Å². The number of hydrogen-bond donors (Lipinski definition) is 1. The third kappa shape index (κ3) is 3.36. The zero-order chi connectivity index (χ0) is 14.4. The molecule has 2 rings (SSSR count). The Morgan fingerprint density at radius 1 is 1.45 bits per heavy atom. The molecule has 5 nitrogen and oxygen atoms in total. The number of rotatable bonds is 6. The number of benzene rings is 1. The second-order valence-corrected chi connectivity index (χ2v) is 4.94. The molecule has 0 radical (unpaired) electrons. The summed E-state index contributed by atoms with van der Waals surface area (Å²) >= 11 is 0. The van der Waals surface area contributed by atoms with E-state index in [0.29, 0.717) is 19.6 Å². The molecule has 1 saturated heterocycles. The highest BCUT2D eigenvalue weighted by atomic mass is 16.5. The Balaban J connectivity index is 2.01. The van der Waals surface area contributed by atoms with Gasteiger partial charge in [0.15, 0.2) is 0 Å². The Labute approximate surface area is 119 Å². The average Bonchev–Trinajstić information content (AvgIpc) is 3.00. The van der Waals surface area contributed by atoms with Crippen molar-refractivity contribution in [3.63, 3.8) is 0 Å². The monoisotopic (exact) mass is 279 g/mol. The van der Waals surface area contributed by atoms with Gasteiger partial charge in [0, 0.05) is 19.6 Å². The summed E-state index contributed by atoms with van der Waals surface area (Å²) < 4.78 is 15.8. The van der Waals surface area contributed by atoms with Crippen molar-refractivity contribution in [1.82, 2.24) is 0 Å². The summed E-state index contributed by atoms with van der Waals surface area (Å²) in [6, 6.07) is 9.25. The van der Waals surface area contributed by atoms with Gasteiger partial charge in [0.2, 0.25) is 0 Å². The van der Waals surface area contributed by atoms with Crippen molar-refractivity contribution in [2.24, 2.45) is 5.73 Å². The van der Waals surface area contributed by atoms with Gasteiger partial charge in [-0.15, -0.1) is 0 Å². The molecule has 1 aromatic rings. The van der Waals surface area contributed by atoms with Crippen LogP contribution in [0.1, 0.15) is 18.4 Å². The number of carbonyl (C=O) groups excluding carboxylic acids is 1. The predicted octanol–water partition coefficient (Wildman–Crippen LogP) is 1.21. The molecule has 0 aliphatic carbocycles. The van der Waals surface area contributed by atoms with E-state index in [0.717, 1.165) is 18.6 Å². The Kier molecular flexibility index (Phi) is 5.11. The van der Waals surface area contributed by atoms with Gasteiger partial charge in [-0.3, -0.25) is 0 Å². The lowest BCUT2D eigenvalue weighted by Gasteiger charge is -2.27. The maximum Gasteiger partial charge on any atom is 0.330 e. The zero-order valence-electron chi connectivity index (χ0n) is 11.7. The summed E-state index contributed by atoms with van der Waals surface area (Å²) in [5.41, 5.74) is 5.84. The van der Waals surface area contributed by atoms with Gasteiger partial charge >= 0.3 is 5.97 Å². The first-order valence-electron chi connectivity index (χ1n) is 6.79. The topological polar surface area (TPSA) is 70.8 Å². The smallest absolute Gasteiger partial charge is 0.330 e. The first kappa shape index (κ1) is 15.0. The van der Waals surface area contributed by atoms with Gasteiger partial charge in [0.1, 0.15) is 5.54 Å². The summed E-state index contributed by atoms with van der Waals surface area (Å²) in [6.45, 7) is 1.74. The third-order valence-corrected chi connectivity index (χ3v) is 3.58. The summed E-state index contributed by atoms with van der Waals surface area (Å²) in [7, 11) is 1.35. The number of esters is 1. The summed E-state index contributed by atoms with van der Waals surface area (Å²) in [5.74, 6) is -0.449. The highest BCUT2D eigenvalue weighted by molar-refractivity contribution is 5.82. The molecule has 2 N–H and O–H groups in total. The van der Waals surface area contributed by atoms with Crippen LogP contribution in [-0.4, -0.2) is 39.0 Å². The zero-order valence-corrected chi connectivity index (χ0v) is 11.7. The molecular formula is C15H21NO4. The molecule has 0 saturated carbocycles. The molecule has 1 aliphatic rings. The first-order chi connectivity index (χ1) is 9.66. The quantitative estimate of drug-likeness (QED) is 0.793. The van der Waals surface area contributed by atoms with Crippen LogP contribution >= 0.6 is 0 Å². The van der Waals surface area contributed by atoms with Gasteiger partial charge in [0.25, 0.3) is 0 Å². The molecule has 20 heavy (non-hydrogen) atoms. The minimum atomic E-state index is -1.17. The van der Waals surface area contributed by atoms with E-state index in [1.54, 1.807) is 0 Å². The Bertz CT molecular complexity index is 431. The van der Waals surface area contributed by atoms with Crippen LogP contribution in [0, 0.1) is 0 Å². The van der Waals surface area contributed by atoms with Gasteiger partial charge in [-0.25, -0.2) is 4.79 Å². The number of carbonyl (C=O) groups is 1. The lowest BCUT2D eigenvalue weighted by molar-refractivity contribution is -0.148. The maximum atomic E-state index is 12.0.